The van der Waals surface area contributed by atoms with Crippen molar-refractivity contribution >= 4 is 35.6 Å². The molecule has 0 aliphatic heterocycles. The molecule has 2 aromatic rings. The number of pyridine rings is 1. The largest absolute Gasteiger partial charge is 0.378 e. The van der Waals surface area contributed by atoms with E-state index in [4.69, 9.17) is 9.73 Å². The van der Waals surface area contributed by atoms with Crippen LogP contribution in [0.2, 0.25) is 0 Å². The van der Waals surface area contributed by atoms with Crippen molar-refractivity contribution in [2.75, 3.05) is 19.7 Å². The number of nitrogens with zero attached hydrogens (tertiary/aromatic N) is 4. The summed E-state index contributed by atoms with van der Waals surface area (Å²) in [6, 6.07) is 6.45. The third-order valence-electron chi connectivity index (χ3n) is 6.81. The first kappa shape index (κ1) is 24.2. The van der Waals surface area contributed by atoms with Gasteiger partial charge in [0.2, 0.25) is 0 Å². The molecule has 2 aliphatic carbocycles. The summed E-state index contributed by atoms with van der Waals surface area (Å²) in [6.07, 6.45) is 11.9. The molecule has 0 radical (unpaired) electrons. The predicted octanol–water partition coefficient (Wildman–Crippen LogP) is 3.96. The average Bonchev–Trinajstić information content (AvgIpc) is 3.19. The lowest BCUT2D eigenvalue weighted by Gasteiger charge is -2.58. The number of aromatic nitrogens is 3. The summed E-state index contributed by atoms with van der Waals surface area (Å²) in [5.74, 6) is 1.94. The van der Waals surface area contributed by atoms with Gasteiger partial charge in [0.05, 0.1) is 6.10 Å². The van der Waals surface area contributed by atoms with Crippen LogP contribution in [-0.2, 0) is 11.2 Å². The third-order valence-corrected chi connectivity index (χ3v) is 6.81. The first-order valence-electron chi connectivity index (χ1n) is 11.7. The molecular formula is C23H37IN6O. The van der Waals surface area contributed by atoms with E-state index in [0.29, 0.717) is 17.6 Å². The van der Waals surface area contributed by atoms with Crippen molar-refractivity contribution in [1.82, 2.24) is 25.2 Å². The topological polar surface area (TPSA) is 75.8 Å². The Morgan fingerprint density at radius 1 is 1.23 bits per heavy atom. The lowest BCUT2D eigenvalue weighted by atomic mass is 9.55. The predicted molar refractivity (Wildman–Crippen MR) is 135 cm³/mol. The first-order chi connectivity index (χ1) is 14.8. The van der Waals surface area contributed by atoms with E-state index in [0.717, 1.165) is 56.4 Å². The monoisotopic (exact) mass is 540 g/mol. The van der Waals surface area contributed by atoms with Crippen LogP contribution in [0.5, 0.6) is 0 Å². The van der Waals surface area contributed by atoms with Crippen molar-refractivity contribution < 1.29 is 4.74 Å². The Hall–Kier alpha value is -1.42. The number of fused-ring (bicyclic) bond motifs is 1. The summed E-state index contributed by atoms with van der Waals surface area (Å²) < 4.78 is 8.16. The van der Waals surface area contributed by atoms with Crippen LogP contribution in [0.4, 0.5) is 0 Å². The molecule has 4 rings (SSSR count). The molecule has 172 valence electrons. The van der Waals surface area contributed by atoms with Gasteiger partial charge in [0.25, 0.3) is 0 Å². The van der Waals surface area contributed by atoms with E-state index in [9.17, 15) is 0 Å². The number of hydrogen-bond acceptors (Lipinski definition) is 4. The molecule has 8 heteroatoms. The summed E-state index contributed by atoms with van der Waals surface area (Å²) in [4.78, 5) is 4.86. The number of aliphatic imine (C=N–C) groups is 1. The minimum Gasteiger partial charge on any atom is -0.378 e. The molecule has 7 nitrogen and oxygen atoms in total. The number of guanidine groups is 1. The van der Waals surface area contributed by atoms with Crippen molar-refractivity contribution in [2.24, 2.45) is 10.4 Å². The van der Waals surface area contributed by atoms with E-state index in [1.165, 1.54) is 32.1 Å². The highest BCUT2D eigenvalue weighted by atomic mass is 127. The van der Waals surface area contributed by atoms with Gasteiger partial charge in [-0.05, 0) is 51.7 Å². The van der Waals surface area contributed by atoms with Crippen LogP contribution >= 0.6 is 24.0 Å². The Labute approximate surface area is 202 Å². The van der Waals surface area contributed by atoms with Crippen molar-refractivity contribution in [2.45, 2.75) is 77.4 Å². The zero-order valence-corrected chi connectivity index (χ0v) is 21.2. The molecule has 31 heavy (non-hydrogen) atoms. The second kappa shape index (κ2) is 11.4. The molecule has 2 aliphatic rings. The lowest BCUT2D eigenvalue weighted by Crippen LogP contribution is -2.66. The van der Waals surface area contributed by atoms with E-state index in [2.05, 4.69) is 39.1 Å². The fraction of sp³-hybridized carbons (Fsp3) is 0.696. The van der Waals surface area contributed by atoms with Crippen LogP contribution in [0.1, 0.15) is 64.6 Å². The Morgan fingerprint density at radius 2 is 2.06 bits per heavy atom. The quantitative estimate of drug-likeness (QED) is 0.230. The van der Waals surface area contributed by atoms with Gasteiger partial charge in [-0.15, -0.1) is 34.2 Å². The van der Waals surface area contributed by atoms with Gasteiger partial charge in [-0.1, -0.05) is 25.3 Å². The van der Waals surface area contributed by atoms with Gasteiger partial charge in [-0.2, -0.15) is 0 Å². The number of ether oxygens (including phenoxy) is 1. The maximum absolute atomic E-state index is 6.10. The van der Waals surface area contributed by atoms with Crippen LogP contribution in [0.15, 0.2) is 29.4 Å². The number of rotatable bonds is 8. The molecule has 2 heterocycles. The van der Waals surface area contributed by atoms with E-state index >= 15 is 0 Å². The van der Waals surface area contributed by atoms with E-state index in [-0.39, 0.29) is 24.0 Å². The Bertz CT molecular complexity index is 847. The van der Waals surface area contributed by atoms with Gasteiger partial charge in [0, 0.05) is 43.8 Å². The zero-order valence-electron chi connectivity index (χ0n) is 18.8. The number of aryl methyl sites for hydroxylation is 1. The standard InChI is InChI=1S/C23H36N6O.HI/c1-3-24-22(25-15-10-12-21-28-27-20-11-6-9-16-29(20)21)26-18-17-19(30-4-2)23(18)13-7-5-8-14-23;/h6,9,11,16,18-19H,3-5,7-8,10,12-15,17H2,1-2H3,(H2,24,25,26);1H. The third kappa shape index (κ3) is 5.32. The zero-order chi connectivity index (χ0) is 20.8. The van der Waals surface area contributed by atoms with Crippen molar-refractivity contribution in [3.05, 3.63) is 30.2 Å². The highest BCUT2D eigenvalue weighted by molar-refractivity contribution is 14.0. The second-order valence-electron chi connectivity index (χ2n) is 8.58. The molecule has 0 bridgehead atoms. The van der Waals surface area contributed by atoms with Crippen LogP contribution in [0.25, 0.3) is 5.65 Å². The normalized spacial score (nSPS) is 22.7. The fourth-order valence-electron chi connectivity index (χ4n) is 5.24. The van der Waals surface area contributed by atoms with Crippen molar-refractivity contribution in [3.8, 4) is 0 Å². The van der Waals surface area contributed by atoms with E-state index in [1.807, 2.05) is 24.4 Å². The van der Waals surface area contributed by atoms with E-state index < -0.39 is 0 Å². The summed E-state index contributed by atoms with van der Waals surface area (Å²) in [6.45, 7) is 6.69. The average molecular weight is 540 g/mol. The van der Waals surface area contributed by atoms with Gasteiger partial charge in [0.15, 0.2) is 11.6 Å². The molecule has 2 saturated carbocycles. The van der Waals surface area contributed by atoms with Crippen molar-refractivity contribution in [1.29, 1.82) is 0 Å². The summed E-state index contributed by atoms with van der Waals surface area (Å²) in [5.41, 5.74) is 1.20. The molecule has 2 unspecified atom stereocenters. The summed E-state index contributed by atoms with van der Waals surface area (Å²) in [7, 11) is 0. The van der Waals surface area contributed by atoms with Crippen molar-refractivity contribution in [3.63, 3.8) is 0 Å². The molecule has 2 aromatic heterocycles. The number of hydrogen-bond donors (Lipinski definition) is 2. The van der Waals surface area contributed by atoms with Gasteiger partial charge in [-0.3, -0.25) is 9.39 Å². The molecule has 0 aromatic carbocycles. The Balaban J connectivity index is 0.00000272. The lowest BCUT2D eigenvalue weighted by molar-refractivity contribution is -0.145. The van der Waals surface area contributed by atoms with Gasteiger partial charge < -0.3 is 15.4 Å². The highest BCUT2D eigenvalue weighted by Gasteiger charge is 2.55. The second-order valence-corrected chi connectivity index (χ2v) is 8.58. The van der Waals surface area contributed by atoms with Gasteiger partial charge >= 0.3 is 0 Å². The molecule has 2 N–H and O–H groups in total. The number of nitrogens with one attached hydrogen (secondary N) is 2. The molecular weight excluding hydrogens is 503 g/mol. The number of halogens is 1. The van der Waals surface area contributed by atoms with Gasteiger partial charge in [-0.25, -0.2) is 0 Å². The minimum absolute atomic E-state index is 0. The van der Waals surface area contributed by atoms with Crippen LogP contribution in [-0.4, -0.2) is 52.4 Å². The summed E-state index contributed by atoms with van der Waals surface area (Å²) >= 11 is 0. The van der Waals surface area contributed by atoms with Crippen LogP contribution in [0, 0.1) is 5.41 Å². The first-order valence-corrected chi connectivity index (χ1v) is 11.7. The molecule has 2 atom stereocenters. The summed E-state index contributed by atoms with van der Waals surface area (Å²) in [5, 5.41) is 15.7. The Kier molecular flexibility index (Phi) is 8.95. The molecule has 2 fully saturated rings. The smallest absolute Gasteiger partial charge is 0.191 e. The highest BCUT2D eigenvalue weighted by Crippen LogP contribution is 2.53. The maximum Gasteiger partial charge on any atom is 0.191 e. The van der Waals surface area contributed by atoms with Crippen LogP contribution in [0.3, 0.4) is 0 Å². The van der Waals surface area contributed by atoms with Crippen LogP contribution < -0.4 is 10.6 Å². The van der Waals surface area contributed by atoms with E-state index in [1.54, 1.807) is 0 Å². The van der Waals surface area contributed by atoms with Gasteiger partial charge in [0.1, 0.15) is 5.82 Å². The SMILES string of the molecule is CCNC(=NCCCc1nnc2ccccn12)NC1CC(OCC)C12CCCCC2.I. The molecule has 0 amide bonds. The minimum atomic E-state index is 0. The molecule has 0 saturated heterocycles. The molecule has 1 spiro atoms. The fourth-order valence-corrected chi connectivity index (χ4v) is 5.24. The maximum atomic E-state index is 6.10. The Morgan fingerprint density at radius 3 is 2.84 bits per heavy atom.